The number of carbonyl (C=O) groups excluding carboxylic acids is 2. The average Bonchev–Trinajstić information content (AvgIpc) is 3.52. The summed E-state index contributed by atoms with van der Waals surface area (Å²) in [6, 6.07) is 28.7. The molecule has 4 aromatic carbocycles. The number of aliphatic carboxylic acids is 1. The van der Waals surface area contributed by atoms with E-state index in [1.165, 1.54) is 12.1 Å². The van der Waals surface area contributed by atoms with Gasteiger partial charge in [0.25, 0.3) is 0 Å². The fraction of sp³-hybridized carbons (Fsp3) is 0.357. The first kappa shape index (κ1) is 41.1. The van der Waals surface area contributed by atoms with Crippen molar-refractivity contribution in [3.8, 4) is 11.1 Å². The largest absolute Gasteiger partial charge is 0.479 e. The van der Waals surface area contributed by atoms with Crippen molar-refractivity contribution in [2.45, 2.75) is 43.3 Å². The summed E-state index contributed by atoms with van der Waals surface area (Å²) in [5, 5.41) is 10.9. The van der Waals surface area contributed by atoms with E-state index in [0.29, 0.717) is 31.9 Å². The van der Waals surface area contributed by atoms with Crippen molar-refractivity contribution in [1.82, 2.24) is 4.90 Å². The van der Waals surface area contributed by atoms with Crippen molar-refractivity contribution in [2.24, 2.45) is 11.8 Å². The normalized spacial score (nSPS) is 16.0. The zero-order valence-electron chi connectivity index (χ0n) is 30.8. The minimum Gasteiger partial charge on any atom is -0.479 e. The number of benzene rings is 4. The summed E-state index contributed by atoms with van der Waals surface area (Å²) in [6.45, 7) is 1.09. The van der Waals surface area contributed by atoms with E-state index < -0.39 is 79.7 Å². The number of carbonyl (C=O) groups is 3. The Bertz CT molecular complexity index is 1980. The predicted molar refractivity (Wildman–Crippen MR) is 196 cm³/mol. The van der Waals surface area contributed by atoms with Gasteiger partial charge in [-0.25, -0.2) is 9.59 Å². The minimum absolute atomic E-state index is 0.184. The number of hydrogen-bond acceptors (Lipinski definition) is 7. The molecule has 0 aromatic heterocycles. The summed E-state index contributed by atoms with van der Waals surface area (Å²) in [5.74, 6) is -10.9. The van der Waals surface area contributed by atoms with Crippen LogP contribution in [0.4, 0.5) is 36.8 Å². The number of ether oxygens (including phenoxy) is 3. The van der Waals surface area contributed by atoms with Crippen molar-refractivity contribution in [3.63, 3.8) is 0 Å². The van der Waals surface area contributed by atoms with Crippen molar-refractivity contribution < 1.29 is 60.0 Å². The van der Waals surface area contributed by atoms with Crippen LogP contribution in [0.15, 0.2) is 103 Å². The van der Waals surface area contributed by atoms with Gasteiger partial charge in [-0.2, -0.15) is 26.3 Å². The van der Waals surface area contributed by atoms with E-state index >= 15 is 0 Å². The number of amides is 1. The third-order valence-corrected chi connectivity index (χ3v) is 10.7. The number of morpholine rings is 1. The smallest absolute Gasteiger partial charge is 0.410 e. The van der Waals surface area contributed by atoms with E-state index in [1.807, 2.05) is 29.2 Å². The number of fused-ring (bicyclic) bond motifs is 3. The van der Waals surface area contributed by atoms with Gasteiger partial charge in [0.15, 0.2) is 11.5 Å². The molecule has 1 aliphatic carbocycles. The Morgan fingerprint density at radius 3 is 1.86 bits per heavy atom. The summed E-state index contributed by atoms with van der Waals surface area (Å²) in [6.07, 6.45) is -16.6. The van der Waals surface area contributed by atoms with Gasteiger partial charge in [0.05, 0.1) is 19.1 Å². The molecule has 1 amide bonds. The van der Waals surface area contributed by atoms with E-state index in [2.05, 4.69) is 0 Å². The SMILES string of the molecule is CN(C(=O)OCC1c2ccccc2-c2ccccc21)[C@](CC(C(F)(F)F)C(F)(F)F)(C(=O)O)[C@@H](Cc1ccc(N2CCOCC2)cc1)C(=O)OCc1ccccc1. The maximum absolute atomic E-state index is 14.4. The quantitative estimate of drug-likeness (QED) is 0.107. The maximum Gasteiger partial charge on any atom is 0.410 e. The third-order valence-electron chi connectivity index (χ3n) is 10.7. The van der Waals surface area contributed by atoms with Gasteiger partial charge < -0.3 is 24.2 Å². The minimum atomic E-state index is -6.03. The van der Waals surface area contributed by atoms with Crippen LogP contribution in [0.1, 0.15) is 34.6 Å². The summed E-state index contributed by atoms with van der Waals surface area (Å²) in [5.41, 5.74) is 0.980. The van der Waals surface area contributed by atoms with Gasteiger partial charge in [0.1, 0.15) is 13.2 Å². The number of carboxylic acids is 1. The molecule has 0 spiro atoms. The lowest BCUT2D eigenvalue weighted by Crippen LogP contribution is -2.65. The van der Waals surface area contributed by atoms with Gasteiger partial charge in [0.2, 0.25) is 0 Å². The molecular weight excluding hydrogens is 758 g/mol. The number of rotatable bonds is 13. The molecule has 9 nitrogen and oxygen atoms in total. The summed E-state index contributed by atoms with van der Waals surface area (Å²) >= 11 is 0. The number of likely N-dealkylation sites (N-methyl/N-ethyl adjacent to an activating group) is 1. The van der Waals surface area contributed by atoms with Gasteiger partial charge >= 0.3 is 30.4 Å². The fourth-order valence-electron chi connectivity index (χ4n) is 7.65. The Morgan fingerprint density at radius 1 is 0.772 bits per heavy atom. The lowest BCUT2D eigenvalue weighted by molar-refractivity contribution is -0.292. The summed E-state index contributed by atoms with van der Waals surface area (Å²) in [4.78, 5) is 44.0. The molecule has 0 bridgehead atoms. The molecule has 1 heterocycles. The second-order valence-electron chi connectivity index (χ2n) is 14.0. The highest BCUT2D eigenvalue weighted by Crippen LogP contribution is 2.48. The van der Waals surface area contributed by atoms with Crippen molar-refractivity contribution >= 4 is 23.7 Å². The van der Waals surface area contributed by atoms with Crippen molar-refractivity contribution in [1.29, 1.82) is 0 Å². The molecule has 0 unspecified atom stereocenters. The Morgan fingerprint density at radius 2 is 1.32 bits per heavy atom. The van der Waals surface area contributed by atoms with Crippen LogP contribution >= 0.6 is 0 Å². The Balaban J connectivity index is 1.40. The molecular formula is C42H40F6N2O7. The van der Waals surface area contributed by atoms with E-state index in [0.717, 1.165) is 35.0 Å². The predicted octanol–water partition coefficient (Wildman–Crippen LogP) is 8.26. The molecule has 1 saturated heterocycles. The van der Waals surface area contributed by atoms with Gasteiger partial charge in [-0.3, -0.25) is 9.69 Å². The number of esters is 1. The molecule has 15 heteroatoms. The number of alkyl halides is 6. The zero-order chi connectivity index (χ0) is 41.0. The number of hydrogen-bond donors (Lipinski definition) is 1. The van der Waals surface area contributed by atoms with Crippen LogP contribution in [0.5, 0.6) is 0 Å². The molecule has 2 aliphatic rings. The average molecular weight is 799 g/mol. The highest BCUT2D eigenvalue weighted by Gasteiger charge is 2.65. The zero-order valence-corrected chi connectivity index (χ0v) is 30.8. The molecule has 6 rings (SSSR count). The molecule has 4 aromatic rings. The monoisotopic (exact) mass is 798 g/mol. The lowest BCUT2D eigenvalue weighted by Gasteiger charge is -2.44. The third kappa shape index (κ3) is 8.88. The molecule has 57 heavy (non-hydrogen) atoms. The summed E-state index contributed by atoms with van der Waals surface area (Å²) < 4.78 is 103. The second-order valence-corrected chi connectivity index (χ2v) is 14.0. The van der Waals surface area contributed by atoms with Crippen molar-refractivity contribution in [3.05, 3.63) is 125 Å². The van der Waals surface area contributed by atoms with Crippen LogP contribution in [-0.4, -0.2) is 85.9 Å². The molecule has 2 atom stereocenters. The highest BCUT2D eigenvalue weighted by atomic mass is 19.4. The standard InChI is InChI=1S/C42H40F6N2O7/c1-49(39(54)57-26-34-32-13-7-5-11-30(32)31-12-6-8-14-33(31)34)40(38(52)53,24-36(41(43,44)45)42(46,47)48)35(37(51)56-25-28-9-3-2-4-10-28)23-27-15-17-29(18-16-27)50-19-21-55-22-20-50/h2-18,34-36H,19-26H2,1H3,(H,52,53)/t35-,40-/m0/s1. The van der Waals surface area contributed by atoms with Crippen LogP contribution in [0.25, 0.3) is 11.1 Å². The van der Waals surface area contributed by atoms with Crippen molar-refractivity contribution in [2.75, 3.05) is 44.9 Å². The van der Waals surface area contributed by atoms with Crippen LogP contribution in [-0.2, 0) is 36.8 Å². The lowest BCUT2D eigenvalue weighted by atomic mass is 9.72. The first-order chi connectivity index (χ1) is 27.1. The van der Waals surface area contributed by atoms with Gasteiger partial charge in [-0.15, -0.1) is 0 Å². The van der Waals surface area contributed by atoms with E-state index in [-0.39, 0.29) is 10.5 Å². The first-order valence-corrected chi connectivity index (χ1v) is 18.2. The fourth-order valence-corrected chi connectivity index (χ4v) is 7.65. The topological polar surface area (TPSA) is 106 Å². The molecule has 302 valence electrons. The van der Waals surface area contributed by atoms with Gasteiger partial charge in [-0.1, -0.05) is 91.0 Å². The number of halogens is 6. The van der Waals surface area contributed by atoms with E-state index in [4.69, 9.17) is 14.2 Å². The molecule has 0 radical (unpaired) electrons. The number of nitrogens with zero attached hydrogens (tertiary/aromatic N) is 2. The Kier molecular flexibility index (Phi) is 12.2. The molecule has 1 N–H and O–H groups in total. The van der Waals surface area contributed by atoms with Crippen LogP contribution in [0.2, 0.25) is 0 Å². The number of carboxylic acid groups (broad SMARTS) is 1. The van der Waals surface area contributed by atoms with Crippen LogP contribution in [0.3, 0.4) is 0 Å². The van der Waals surface area contributed by atoms with E-state index in [1.54, 1.807) is 66.7 Å². The number of anilines is 1. The van der Waals surface area contributed by atoms with Crippen LogP contribution < -0.4 is 4.90 Å². The molecule has 1 aliphatic heterocycles. The van der Waals surface area contributed by atoms with Crippen LogP contribution in [0, 0.1) is 11.8 Å². The second kappa shape index (κ2) is 16.9. The van der Waals surface area contributed by atoms with E-state index in [9.17, 15) is 45.8 Å². The van der Waals surface area contributed by atoms with Gasteiger partial charge in [-0.05, 0) is 51.9 Å². The Labute approximate surface area is 324 Å². The molecule has 1 fully saturated rings. The van der Waals surface area contributed by atoms with Gasteiger partial charge in [0, 0.05) is 38.2 Å². The molecule has 0 saturated carbocycles. The first-order valence-electron chi connectivity index (χ1n) is 18.2. The Hall–Kier alpha value is -5.57. The maximum atomic E-state index is 14.4. The summed E-state index contributed by atoms with van der Waals surface area (Å²) in [7, 11) is 0.732. The highest BCUT2D eigenvalue weighted by molar-refractivity contribution is 5.91.